The van der Waals surface area contributed by atoms with Crippen LogP contribution in [0.1, 0.15) is 71.0 Å². The Labute approximate surface area is 146 Å². The molecule has 0 saturated heterocycles. The maximum atomic E-state index is 13.4. The molecule has 132 valence electrons. The molecule has 0 aliphatic heterocycles. The molecule has 0 fully saturated rings. The fourth-order valence-corrected chi connectivity index (χ4v) is 3.42. The molecule has 0 bridgehead atoms. The molecule has 1 N–H and O–H groups in total. The molecule has 0 saturated carbocycles. The second-order valence-electron chi connectivity index (χ2n) is 7.55. The van der Waals surface area contributed by atoms with E-state index in [9.17, 15) is 14.0 Å². The van der Waals surface area contributed by atoms with Gasteiger partial charge in [0.1, 0.15) is 11.6 Å². The van der Waals surface area contributed by atoms with E-state index < -0.39 is 5.91 Å². The minimum Gasteiger partial charge on any atom is -0.455 e. The third-order valence-electron chi connectivity index (χ3n) is 4.68. The first kappa shape index (κ1) is 17.4. The van der Waals surface area contributed by atoms with E-state index >= 15 is 0 Å². The Balaban J connectivity index is 1.85. The van der Waals surface area contributed by atoms with Crippen molar-refractivity contribution in [2.24, 2.45) is 5.41 Å². The first-order valence-electron chi connectivity index (χ1n) is 8.40. The molecule has 25 heavy (non-hydrogen) atoms. The first-order valence-corrected chi connectivity index (χ1v) is 8.40. The highest BCUT2D eigenvalue weighted by Crippen LogP contribution is 2.38. The van der Waals surface area contributed by atoms with Crippen molar-refractivity contribution in [3.8, 4) is 0 Å². The summed E-state index contributed by atoms with van der Waals surface area (Å²) < 4.78 is 19.1. The van der Waals surface area contributed by atoms with Crippen LogP contribution in [0.4, 0.5) is 4.39 Å². The van der Waals surface area contributed by atoms with Crippen molar-refractivity contribution in [2.75, 3.05) is 0 Å². The fraction of sp³-hybridized carbons (Fsp3) is 0.400. The van der Waals surface area contributed by atoms with Gasteiger partial charge in [0.15, 0.2) is 11.5 Å². The summed E-state index contributed by atoms with van der Waals surface area (Å²) in [4.78, 5) is 25.0. The first-order chi connectivity index (χ1) is 11.7. The van der Waals surface area contributed by atoms with Gasteiger partial charge >= 0.3 is 0 Å². The molecule has 1 aromatic carbocycles. The zero-order chi connectivity index (χ0) is 18.4. The zero-order valence-corrected chi connectivity index (χ0v) is 14.9. The smallest absolute Gasteiger partial charge is 0.287 e. The molecule has 1 amide bonds. The molecule has 0 radical (unpaired) electrons. The van der Waals surface area contributed by atoms with Gasteiger partial charge < -0.3 is 9.73 Å². The highest BCUT2D eigenvalue weighted by molar-refractivity contribution is 6.03. The van der Waals surface area contributed by atoms with Gasteiger partial charge in [-0.15, -0.1) is 0 Å². The Morgan fingerprint density at radius 1 is 1.32 bits per heavy atom. The van der Waals surface area contributed by atoms with Crippen LogP contribution in [-0.2, 0) is 6.42 Å². The Bertz CT molecular complexity index is 851. The number of rotatable bonds is 3. The Morgan fingerprint density at radius 2 is 2.04 bits per heavy atom. The lowest BCUT2D eigenvalue weighted by Crippen LogP contribution is -2.27. The van der Waals surface area contributed by atoms with Crippen molar-refractivity contribution in [3.05, 3.63) is 58.3 Å². The number of carbonyl (C=O) groups excluding carboxylic acids is 2. The molecule has 3 rings (SSSR count). The molecule has 1 atom stereocenters. The summed E-state index contributed by atoms with van der Waals surface area (Å²) >= 11 is 0. The Kier molecular flexibility index (Phi) is 4.27. The van der Waals surface area contributed by atoms with E-state index in [0.717, 1.165) is 0 Å². The number of furan rings is 1. The fourth-order valence-electron chi connectivity index (χ4n) is 3.42. The minimum absolute atomic E-state index is 0.0183. The molecule has 0 unspecified atom stereocenters. The third-order valence-corrected chi connectivity index (χ3v) is 4.68. The molecular weight excluding hydrogens is 321 g/mol. The van der Waals surface area contributed by atoms with Crippen molar-refractivity contribution in [2.45, 2.75) is 46.6 Å². The highest BCUT2D eigenvalue weighted by Gasteiger charge is 2.37. The largest absolute Gasteiger partial charge is 0.455 e. The normalized spacial score (nSPS) is 17.1. The number of hydrogen-bond acceptors (Lipinski definition) is 3. The topological polar surface area (TPSA) is 59.3 Å². The third kappa shape index (κ3) is 3.36. The molecule has 1 aliphatic carbocycles. The van der Waals surface area contributed by atoms with Gasteiger partial charge in [0, 0.05) is 18.4 Å². The Morgan fingerprint density at radius 3 is 2.72 bits per heavy atom. The predicted molar refractivity (Wildman–Crippen MR) is 92.2 cm³/mol. The van der Waals surface area contributed by atoms with Gasteiger partial charge in [0.2, 0.25) is 0 Å². The van der Waals surface area contributed by atoms with Gasteiger partial charge in [-0.2, -0.15) is 0 Å². The average Bonchev–Trinajstić information content (AvgIpc) is 2.82. The molecule has 2 aromatic rings. The summed E-state index contributed by atoms with van der Waals surface area (Å²) in [7, 11) is 0. The number of amides is 1. The number of ketones is 1. The van der Waals surface area contributed by atoms with Gasteiger partial charge in [-0.1, -0.05) is 26.0 Å². The van der Waals surface area contributed by atoms with Crippen LogP contribution in [0.3, 0.4) is 0 Å². The monoisotopic (exact) mass is 343 g/mol. The maximum absolute atomic E-state index is 13.4. The lowest BCUT2D eigenvalue weighted by molar-refractivity contribution is 0.0883. The van der Waals surface area contributed by atoms with Crippen molar-refractivity contribution < 1.29 is 18.4 Å². The summed E-state index contributed by atoms with van der Waals surface area (Å²) in [6.07, 6.45) is 1.07. The van der Waals surface area contributed by atoms with Crippen LogP contribution in [0, 0.1) is 18.2 Å². The van der Waals surface area contributed by atoms with Gasteiger partial charge in [0.05, 0.1) is 11.6 Å². The van der Waals surface area contributed by atoms with Crippen LogP contribution in [0.2, 0.25) is 0 Å². The number of carbonyl (C=O) groups is 2. The van der Waals surface area contributed by atoms with E-state index in [0.29, 0.717) is 35.3 Å². The number of Topliss-reactive ketones (excluding diaryl/α,β-unsaturated/α-hetero) is 1. The van der Waals surface area contributed by atoms with Crippen LogP contribution < -0.4 is 5.32 Å². The van der Waals surface area contributed by atoms with Crippen LogP contribution >= 0.6 is 0 Å². The molecular formula is C20H22FNO3. The van der Waals surface area contributed by atoms with E-state index in [2.05, 4.69) is 5.32 Å². The molecule has 1 heterocycles. The van der Waals surface area contributed by atoms with Crippen molar-refractivity contribution >= 4 is 11.7 Å². The summed E-state index contributed by atoms with van der Waals surface area (Å²) in [5.41, 5.74) is 1.62. The molecule has 1 aliphatic rings. The maximum Gasteiger partial charge on any atom is 0.287 e. The molecule has 5 heteroatoms. The van der Waals surface area contributed by atoms with E-state index in [1.54, 1.807) is 26.0 Å². The zero-order valence-electron chi connectivity index (χ0n) is 14.9. The van der Waals surface area contributed by atoms with E-state index in [4.69, 9.17) is 4.42 Å². The van der Waals surface area contributed by atoms with Gasteiger partial charge in [-0.3, -0.25) is 9.59 Å². The summed E-state index contributed by atoms with van der Waals surface area (Å²) in [6.45, 7) is 7.54. The second kappa shape index (κ2) is 6.14. The highest BCUT2D eigenvalue weighted by atomic mass is 19.1. The summed E-state index contributed by atoms with van der Waals surface area (Å²) in [5.74, 6) is 0.0247. The van der Waals surface area contributed by atoms with Gasteiger partial charge in [0.25, 0.3) is 5.91 Å². The minimum atomic E-state index is -0.394. The van der Waals surface area contributed by atoms with E-state index in [-0.39, 0.29) is 28.8 Å². The van der Waals surface area contributed by atoms with E-state index in [1.807, 2.05) is 13.8 Å². The SMILES string of the molecule is Cc1c(C(=O)N[C@H](C)c2cccc(F)c2)oc2c1C(=O)CC(C)(C)C2. The van der Waals surface area contributed by atoms with Crippen LogP contribution in [0.25, 0.3) is 0 Å². The summed E-state index contributed by atoms with van der Waals surface area (Å²) in [6, 6.07) is 5.72. The lowest BCUT2D eigenvalue weighted by atomic mass is 9.76. The summed E-state index contributed by atoms with van der Waals surface area (Å²) in [5, 5.41) is 2.81. The standard InChI is InChI=1S/C20H22FNO3/c1-11-17-15(23)9-20(3,4)10-16(17)25-18(11)19(24)22-12(2)13-6-5-7-14(21)8-13/h5-8,12H,9-10H2,1-4H3,(H,22,24)/t12-/m1/s1. The van der Waals surface area contributed by atoms with Crippen molar-refractivity contribution in [1.29, 1.82) is 0 Å². The van der Waals surface area contributed by atoms with Crippen LogP contribution in [-0.4, -0.2) is 11.7 Å². The molecule has 4 nitrogen and oxygen atoms in total. The van der Waals surface area contributed by atoms with Crippen LogP contribution in [0.5, 0.6) is 0 Å². The van der Waals surface area contributed by atoms with Gasteiger partial charge in [-0.05, 0) is 37.0 Å². The molecule has 0 spiro atoms. The van der Waals surface area contributed by atoms with Crippen LogP contribution in [0.15, 0.2) is 28.7 Å². The number of halogens is 1. The lowest BCUT2D eigenvalue weighted by Gasteiger charge is -2.27. The van der Waals surface area contributed by atoms with Gasteiger partial charge in [-0.25, -0.2) is 4.39 Å². The predicted octanol–water partition coefficient (Wildman–Crippen LogP) is 4.37. The average molecular weight is 343 g/mol. The Hall–Kier alpha value is -2.43. The number of nitrogens with one attached hydrogen (secondary N) is 1. The quantitative estimate of drug-likeness (QED) is 0.900. The van der Waals surface area contributed by atoms with Crippen molar-refractivity contribution in [1.82, 2.24) is 5.32 Å². The second-order valence-corrected chi connectivity index (χ2v) is 7.55. The number of benzene rings is 1. The number of hydrogen-bond donors (Lipinski definition) is 1. The van der Waals surface area contributed by atoms with Crippen molar-refractivity contribution in [3.63, 3.8) is 0 Å². The van der Waals surface area contributed by atoms with E-state index in [1.165, 1.54) is 12.1 Å². The number of fused-ring (bicyclic) bond motifs is 1. The molecule has 1 aromatic heterocycles.